The number of carbonyl (C=O) groups is 2. The molecule has 2 N–H and O–H groups in total. The lowest BCUT2D eigenvalue weighted by molar-refractivity contribution is 0.0302. The van der Waals surface area contributed by atoms with Gasteiger partial charge in [-0.3, -0.25) is 19.0 Å². The summed E-state index contributed by atoms with van der Waals surface area (Å²) in [7, 11) is -0.422. The number of fused-ring (bicyclic) bond motifs is 1. The van der Waals surface area contributed by atoms with Gasteiger partial charge in [0.05, 0.1) is 11.9 Å². The molecule has 0 spiro atoms. The van der Waals surface area contributed by atoms with Gasteiger partial charge in [-0.1, -0.05) is 20.8 Å². The van der Waals surface area contributed by atoms with Gasteiger partial charge in [-0.2, -0.15) is 5.10 Å². The van der Waals surface area contributed by atoms with Gasteiger partial charge in [0.15, 0.2) is 11.9 Å². The molecule has 4 heterocycles. The number of hydrogen-bond acceptors (Lipinski definition) is 10. The van der Waals surface area contributed by atoms with Gasteiger partial charge in [0.25, 0.3) is 5.91 Å². The Hall–Kier alpha value is -3.68. The van der Waals surface area contributed by atoms with Crippen molar-refractivity contribution >= 4 is 26.4 Å². The van der Waals surface area contributed by atoms with E-state index in [4.69, 9.17) is 14.3 Å². The van der Waals surface area contributed by atoms with Crippen LogP contribution < -0.4 is 0 Å². The molecule has 1 aliphatic rings. The molecular weight excluding hydrogens is 590 g/mol. The van der Waals surface area contributed by atoms with Crippen molar-refractivity contribution in [2.45, 2.75) is 59.2 Å². The monoisotopic (exact) mass is 628 g/mol. The van der Waals surface area contributed by atoms with Gasteiger partial charge in [0, 0.05) is 36.3 Å². The molecule has 44 heavy (non-hydrogen) atoms. The first-order valence-electron chi connectivity index (χ1n) is 13.9. The first-order chi connectivity index (χ1) is 20.6. The summed E-state index contributed by atoms with van der Waals surface area (Å²) in [5, 5.41) is 8.58. The van der Waals surface area contributed by atoms with Crippen molar-refractivity contribution in [3.05, 3.63) is 65.3 Å². The minimum Gasteiger partial charge on any atom is -0.333 e. The highest BCUT2D eigenvalue weighted by Gasteiger charge is 2.35. The summed E-state index contributed by atoms with van der Waals surface area (Å²) in [6.07, 6.45) is 2.31. The second-order valence-electron chi connectivity index (χ2n) is 12.2. The predicted molar refractivity (Wildman–Crippen MR) is 162 cm³/mol. The van der Waals surface area contributed by atoms with E-state index in [1.54, 1.807) is 34.7 Å². The third kappa shape index (κ3) is 7.69. The van der Waals surface area contributed by atoms with Crippen LogP contribution in [-0.2, 0) is 16.7 Å². The van der Waals surface area contributed by atoms with Gasteiger partial charge < -0.3 is 14.7 Å². The van der Waals surface area contributed by atoms with Crippen LogP contribution >= 0.6 is 8.60 Å². The lowest BCUT2D eigenvalue weighted by Gasteiger charge is -2.44. The zero-order chi connectivity index (χ0) is 32.4. The number of halogens is 1. The quantitative estimate of drug-likeness (QED) is 0.240. The summed E-state index contributed by atoms with van der Waals surface area (Å²) in [4.78, 5) is 53.5. The van der Waals surface area contributed by atoms with Crippen LogP contribution in [0.4, 0.5) is 4.39 Å². The van der Waals surface area contributed by atoms with Crippen molar-refractivity contribution in [3.63, 3.8) is 0 Å². The van der Waals surface area contributed by atoms with Crippen LogP contribution in [0.25, 0.3) is 16.9 Å². The van der Waals surface area contributed by atoms with Crippen LogP contribution in [0.2, 0.25) is 0 Å². The molecular formula is C29H38FN8O5P. The van der Waals surface area contributed by atoms with Crippen LogP contribution in [-0.4, -0.2) is 93.4 Å². The Morgan fingerprint density at radius 1 is 1.14 bits per heavy atom. The number of carbonyl (C=O) groups excluding carboxylic acids is 2. The normalized spacial score (nSPS) is 15.4. The number of hydrogen-bond donors (Lipinski definition) is 2. The van der Waals surface area contributed by atoms with E-state index < -0.39 is 8.60 Å². The standard InChI is InChI=1S/C17H16FN3O.C12H22N5O4P/c1-17(2,3)14-8-15(11-4-6-12(18)7-5-11)20-21-9-13(10-22)19-16(14)21;1-9-13-10(14-17(9)8-21-22(19)20)11(18)16-6-5-15(4)12(2,3)7-16/h4-10H,1-3H3;19-20H,5-8H2,1-4H3. The molecule has 5 rings (SSSR count). The summed E-state index contributed by atoms with van der Waals surface area (Å²) in [5.41, 5.74) is 3.26. The molecule has 0 unspecified atom stereocenters. The number of imidazole rings is 1. The molecule has 13 nitrogen and oxygen atoms in total. The summed E-state index contributed by atoms with van der Waals surface area (Å²) >= 11 is 0. The lowest BCUT2D eigenvalue weighted by Crippen LogP contribution is -2.59. The zero-order valence-corrected chi connectivity index (χ0v) is 26.8. The number of rotatable bonds is 6. The molecule has 1 amide bonds. The van der Waals surface area contributed by atoms with Crippen LogP contribution in [0.5, 0.6) is 0 Å². The lowest BCUT2D eigenvalue weighted by atomic mass is 9.87. The van der Waals surface area contributed by atoms with E-state index in [0.29, 0.717) is 42.2 Å². The van der Waals surface area contributed by atoms with Crippen molar-refractivity contribution < 1.29 is 28.3 Å². The molecule has 0 bridgehead atoms. The number of piperazine rings is 1. The van der Waals surface area contributed by atoms with Gasteiger partial charge in [-0.25, -0.2) is 23.6 Å². The Labute approximate surface area is 256 Å². The van der Waals surface area contributed by atoms with E-state index in [-0.39, 0.29) is 35.2 Å². The Bertz CT molecular complexity index is 1630. The average Bonchev–Trinajstić information content (AvgIpc) is 3.55. The van der Waals surface area contributed by atoms with Gasteiger partial charge in [-0.15, -0.1) is 5.10 Å². The molecule has 0 saturated carbocycles. The third-order valence-corrected chi connectivity index (χ3v) is 7.81. The second-order valence-corrected chi connectivity index (χ2v) is 13.0. The van der Waals surface area contributed by atoms with Gasteiger partial charge in [0.1, 0.15) is 24.1 Å². The molecule has 1 saturated heterocycles. The molecule has 1 aliphatic heterocycles. The highest BCUT2D eigenvalue weighted by atomic mass is 31.2. The second kappa shape index (κ2) is 13.1. The highest BCUT2D eigenvalue weighted by Crippen LogP contribution is 2.30. The molecule has 0 radical (unpaired) electrons. The first kappa shape index (κ1) is 33.2. The van der Waals surface area contributed by atoms with Crippen molar-refractivity contribution in [2.24, 2.45) is 0 Å². The van der Waals surface area contributed by atoms with E-state index in [1.165, 1.54) is 16.8 Å². The number of benzene rings is 1. The Morgan fingerprint density at radius 3 is 2.41 bits per heavy atom. The Morgan fingerprint density at radius 2 is 1.82 bits per heavy atom. The van der Waals surface area contributed by atoms with E-state index in [9.17, 15) is 14.0 Å². The van der Waals surface area contributed by atoms with E-state index in [1.807, 2.05) is 13.1 Å². The predicted octanol–water partition coefficient (Wildman–Crippen LogP) is 3.58. The van der Waals surface area contributed by atoms with E-state index >= 15 is 0 Å². The SMILES string of the molecule is CC(C)(C)c1cc(-c2ccc(F)cc2)nn2cc(C=O)nc12.Cc1nc(C(=O)N2CCN(C)C(C)(C)C2)nn1COP(O)O. The van der Waals surface area contributed by atoms with Crippen molar-refractivity contribution in [1.82, 2.24) is 39.2 Å². The topological polar surface area (TPSA) is 151 Å². The van der Waals surface area contributed by atoms with Gasteiger partial charge in [-0.05, 0) is 63.6 Å². The number of aromatic nitrogens is 6. The minimum absolute atomic E-state index is 0.0988. The van der Waals surface area contributed by atoms with Crippen LogP contribution in [0, 0.1) is 12.7 Å². The number of aryl methyl sites for hydroxylation is 1. The number of nitrogens with zero attached hydrogens (tertiary/aromatic N) is 8. The van der Waals surface area contributed by atoms with Gasteiger partial charge in [0.2, 0.25) is 5.82 Å². The molecule has 4 aromatic rings. The smallest absolute Gasteiger partial charge is 0.328 e. The van der Waals surface area contributed by atoms with Crippen molar-refractivity contribution in [3.8, 4) is 11.3 Å². The number of likely N-dealkylation sites (N-methyl/N-ethyl adjacent to an activating group) is 1. The molecule has 15 heteroatoms. The van der Waals surface area contributed by atoms with Crippen molar-refractivity contribution in [2.75, 3.05) is 26.7 Å². The third-order valence-electron chi connectivity index (χ3n) is 7.46. The average molecular weight is 629 g/mol. The molecule has 0 atom stereocenters. The zero-order valence-electron chi connectivity index (χ0n) is 25.9. The molecule has 3 aromatic heterocycles. The molecule has 0 aliphatic carbocycles. The summed E-state index contributed by atoms with van der Waals surface area (Å²) in [6.45, 7) is 13.9. The summed E-state index contributed by atoms with van der Waals surface area (Å²) in [6, 6.07) is 8.14. The number of amides is 1. The Balaban J connectivity index is 0.000000201. The summed E-state index contributed by atoms with van der Waals surface area (Å²) < 4.78 is 20.7. The van der Waals surface area contributed by atoms with E-state index in [2.05, 4.69) is 59.7 Å². The van der Waals surface area contributed by atoms with Crippen LogP contribution in [0.3, 0.4) is 0 Å². The van der Waals surface area contributed by atoms with Crippen LogP contribution in [0.1, 0.15) is 67.1 Å². The maximum absolute atomic E-state index is 13.1. The first-order valence-corrected chi connectivity index (χ1v) is 15.1. The molecule has 1 aromatic carbocycles. The molecule has 1 fully saturated rings. The Kier molecular flexibility index (Phi) is 9.91. The van der Waals surface area contributed by atoms with E-state index in [0.717, 1.165) is 17.7 Å². The minimum atomic E-state index is -2.46. The fourth-order valence-electron chi connectivity index (χ4n) is 4.66. The van der Waals surface area contributed by atoms with Crippen molar-refractivity contribution in [1.29, 1.82) is 0 Å². The fourth-order valence-corrected chi connectivity index (χ4v) is 4.87. The fraction of sp³-hybridized carbons (Fsp3) is 0.448. The maximum atomic E-state index is 13.1. The maximum Gasteiger partial charge on any atom is 0.328 e. The number of aldehydes is 1. The highest BCUT2D eigenvalue weighted by molar-refractivity contribution is 7.39. The molecule has 236 valence electrons. The van der Waals surface area contributed by atoms with Crippen LogP contribution in [0.15, 0.2) is 36.5 Å². The summed E-state index contributed by atoms with van der Waals surface area (Å²) in [5.74, 6) is 0.0697. The largest absolute Gasteiger partial charge is 0.333 e. The van der Waals surface area contributed by atoms with Gasteiger partial charge >= 0.3 is 8.60 Å².